The SMILES string of the molecule is C/C=C\CCCC(=O)NCC(=O)Oc1ccccc1CO[N+](=O)[O-].CCCCCCCC(=O)CCC1CCCC1. The van der Waals surface area contributed by atoms with Crippen molar-refractivity contribution in [2.24, 2.45) is 5.92 Å². The third-order valence-corrected chi connectivity index (χ3v) is 6.83. The Morgan fingerprint density at radius 1 is 1.02 bits per heavy atom. The molecule has 1 N–H and O–H groups in total. The molecule has 0 atom stereocenters. The summed E-state index contributed by atoms with van der Waals surface area (Å²) in [7, 11) is 0. The van der Waals surface area contributed by atoms with Crippen LogP contribution in [0.1, 0.15) is 116 Å². The van der Waals surface area contributed by atoms with Crippen molar-refractivity contribution in [1.29, 1.82) is 0 Å². The summed E-state index contributed by atoms with van der Waals surface area (Å²) in [6, 6.07) is 6.31. The quantitative estimate of drug-likeness (QED) is 0.0480. The van der Waals surface area contributed by atoms with E-state index in [-0.39, 0.29) is 24.8 Å². The predicted octanol–water partition coefficient (Wildman–Crippen LogP) is 7.05. The van der Waals surface area contributed by atoms with Gasteiger partial charge < -0.3 is 14.9 Å². The van der Waals surface area contributed by atoms with Gasteiger partial charge in [0.25, 0.3) is 5.09 Å². The number of rotatable bonds is 19. The minimum Gasteiger partial charge on any atom is -0.425 e. The third-order valence-electron chi connectivity index (χ3n) is 6.83. The molecular weight excluding hydrogens is 512 g/mol. The van der Waals surface area contributed by atoms with Crippen molar-refractivity contribution in [3.05, 3.63) is 52.1 Å². The number of hydrogen-bond acceptors (Lipinski definition) is 7. The maximum atomic E-state index is 11.8. The normalized spacial score (nSPS) is 12.9. The molecule has 1 aliphatic rings. The average molecular weight is 561 g/mol. The second-order valence-corrected chi connectivity index (χ2v) is 10.2. The van der Waals surface area contributed by atoms with Gasteiger partial charge in [-0.15, -0.1) is 10.1 Å². The molecular formula is C31H48N2O7. The van der Waals surface area contributed by atoms with Crippen molar-refractivity contribution < 1.29 is 29.0 Å². The van der Waals surface area contributed by atoms with Crippen LogP contribution in [0.4, 0.5) is 0 Å². The van der Waals surface area contributed by atoms with E-state index in [1.54, 1.807) is 18.2 Å². The molecule has 0 aliphatic heterocycles. The summed E-state index contributed by atoms with van der Waals surface area (Å²) in [5.74, 6) is 0.658. The highest BCUT2D eigenvalue weighted by atomic mass is 16.9. The lowest BCUT2D eigenvalue weighted by Gasteiger charge is -2.09. The molecule has 0 unspecified atom stereocenters. The van der Waals surface area contributed by atoms with E-state index in [4.69, 9.17) is 4.74 Å². The molecule has 0 aromatic heterocycles. The zero-order valence-corrected chi connectivity index (χ0v) is 24.4. The third kappa shape index (κ3) is 18.1. The van der Waals surface area contributed by atoms with Gasteiger partial charge >= 0.3 is 5.97 Å². The Morgan fingerprint density at radius 2 is 1.75 bits per heavy atom. The van der Waals surface area contributed by atoms with Crippen LogP contribution in [0.15, 0.2) is 36.4 Å². The molecule has 1 amide bonds. The second kappa shape index (κ2) is 22.6. The lowest BCUT2D eigenvalue weighted by atomic mass is 9.98. The Kier molecular flexibility index (Phi) is 19.6. The van der Waals surface area contributed by atoms with Crippen LogP contribution >= 0.6 is 0 Å². The van der Waals surface area contributed by atoms with Crippen LogP contribution < -0.4 is 10.1 Å². The molecule has 1 fully saturated rings. The maximum Gasteiger partial charge on any atom is 0.330 e. The van der Waals surface area contributed by atoms with Gasteiger partial charge in [0.05, 0.1) is 0 Å². The Labute approximate surface area is 239 Å². The van der Waals surface area contributed by atoms with E-state index < -0.39 is 11.1 Å². The lowest BCUT2D eigenvalue weighted by Crippen LogP contribution is -2.31. The fourth-order valence-corrected chi connectivity index (χ4v) is 4.52. The number of para-hydroxylation sites is 1. The molecule has 9 nitrogen and oxygen atoms in total. The van der Waals surface area contributed by atoms with Crippen LogP contribution in [-0.4, -0.2) is 29.3 Å². The first-order valence-corrected chi connectivity index (χ1v) is 14.8. The van der Waals surface area contributed by atoms with E-state index in [1.807, 2.05) is 19.1 Å². The molecule has 0 spiro atoms. The number of ether oxygens (including phenoxy) is 1. The van der Waals surface area contributed by atoms with Gasteiger partial charge in [0.2, 0.25) is 5.91 Å². The molecule has 0 heterocycles. The van der Waals surface area contributed by atoms with Crippen molar-refractivity contribution in [3.8, 4) is 5.75 Å². The molecule has 0 bridgehead atoms. The number of allylic oxidation sites excluding steroid dienone is 2. The van der Waals surface area contributed by atoms with Gasteiger partial charge in [-0.1, -0.05) is 88.6 Å². The molecule has 9 heteroatoms. The molecule has 1 aliphatic carbocycles. The zero-order valence-electron chi connectivity index (χ0n) is 24.4. The highest BCUT2D eigenvalue weighted by Gasteiger charge is 2.16. The first kappa shape index (κ1) is 34.8. The van der Waals surface area contributed by atoms with Crippen LogP contribution in [0.3, 0.4) is 0 Å². The van der Waals surface area contributed by atoms with Crippen LogP contribution in [0.2, 0.25) is 0 Å². The number of unbranched alkanes of at least 4 members (excludes halogenated alkanes) is 5. The lowest BCUT2D eigenvalue weighted by molar-refractivity contribution is -0.763. The number of Topliss-reactive ketones (excluding diaryl/α,β-unsaturated/α-hetero) is 1. The van der Waals surface area contributed by atoms with Crippen LogP contribution in [0.25, 0.3) is 0 Å². The van der Waals surface area contributed by atoms with Gasteiger partial charge in [0.1, 0.15) is 24.7 Å². The predicted molar refractivity (Wildman–Crippen MR) is 155 cm³/mol. The van der Waals surface area contributed by atoms with E-state index >= 15 is 0 Å². The summed E-state index contributed by atoms with van der Waals surface area (Å²) in [6.07, 6.45) is 20.4. The molecule has 0 saturated heterocycles. The fourth-order valence-electron chi connectivity index (χ4n) is 4.52. The van der Waals surface area contributed by atoms with Crippen LogP contribution in [-0.2, 0) is 25.8 Å². The minimum atomic E-state index is -0.924. The minimum absolute atomic E-state index is 0.159. The average Bonchev–Trinajstić information content (AvgIpc) is 3.47. The van der Waals surface area contributed by atoms with Crippen molar-refractivity contribution in [3.63, 3.8) is 0 Å². The molecule has 1 aromatic rings. The molecule has 0 radical (unpaired) electrons. The Morgan fingerprint density at radius 3 is 2.45 bits per heavy atom. The Bertz CT molecular complexity index is 911. The monoisotopic (exact) mass is 560 g/mol. The number of ketones is 1. The Balaban J connectivity index is 0.000000433. The number of carbonyl (C=O) groups excluding carboxylic acids is 3. The fraction of sp³-hybridized carbons (Fsp3) is 0.645. The second-order valence-electron chi connectivity index (χ2n) is 10.2. The van der Waals surface area contributed by atoms with Crippen molar-refractivity contribution in [1.82, 2.24) is 5.32 Å². The zero-order chi connectivity index (χ0) is 29.4. The van der Waals surface area contributed by atoms with Crippen LogP contribution in [0, 0.1) is 16.0 Å². The molecule has 224 valence electrons. The molecule has 1 aromatic carbocycles. The van der Waals surface area contributed by atoms with Gasteiger partial charge in [0.15, 0.2) is 0 Å². The van der Waals surface area contributed by atoms with Gasteiger partial charge in [-0.2, -0.15) is 0 Å². The van der Waals surface area contributed by atoms with E-state index in [0.29, 0.717) is 24.2 Å². The molecule has 1 saturated carbocycles. The molecule has 2 rings (SSSR count). The molecule has 40 heavy (non-hydrogen) atoms. The number of amides is 1. The first-order valence-electron chi connectivity index (χ1n) is 14.8. The van der Waals surface area contributed by atoms with E-state index in [0.717, 1.165) is 31.6 Å². The van der Waals surface area contributed by atoms with E-state index in [9.17, 15) is 24.5 Å². The summed E-state index contributed by atoms with van der Waals surface area (Å²) in [5, 5.41) is 11.8. The number of nitrogens with one attached hydrogen (secondary N) is 1. The van der Waals surface area contributed by atoms with Gasteiger partial charge in [-0.05, 0) is 44.6 Å². The standard InChI is InChI=1S/C16H20N2O6.C15H28O/c1-2-3-4-5-10-15(19)17-11-16(20)24-14-9-7-6-8-13(14)12-23-18(21)22;1-2-3-4-5-6-11-15(16)13-12-14-9-7-8-10-14/h2-3,6-9H,4-5,10-12H2,1H3,(H,17,19);14H,2-13H2,1H3/b3-2-;. The number of benzene rings is 1. The summed E-state index contributed by atoms with van der Waals surface area (Å²) in [4.78, 5) is 49.5. The summed E-state index contributed by atoms with van der Waals surface area (Å²) >= 11 is 0. The van der Waals surface area contributed by atoms with Gasteiger partial charge in [-0.25, -0.2) is 4.79 Å². The number of carbonyl (C=O) groups is 3. The van der Waals surface area contributed by atoms with Crippen molar-refractivity contribution >= 4 is 17.7 Å². The van der Waals surface area contributed by atoms with Crippen molar-refractivity contribution in [2.75, 3.05) is 6.54 Å². The highest BCUT2D eigenvalue weighted by Crippen LogP contribution is 2.28. The van der Waals surface area contributed by atoms with E-state index in [2.05, 4.69) is 17.1 Å². The Hall–Kier alpha value is -3.23. The van der Waals surface area contributed by atoms with Crippen LogP contribution in [0.5, 0.6) is 5.75 Å². The largest absolute Gasteiger partial charge is 0.425 e. The van der Waals surface area contributed by atoms with Gasteiger partial charge in [0, 0.05) is 24.8 Å². The van der Waals surface area contributed by atoms with Gasteiger partial charge in [-0.3, -0.25) is 9.59 Å². The van der Waals surface area contributed by atoms with Crippen molar-refractivity contribution in [2.45, 2.75) is 117 Å². The maximum absolute atomic E-state index is 11.8. The summed E-state index contributed by atoms with van der Waals surface area (Å²) in [5.41, 5.74) is 0.361. The smallest absolute Gasteiger partial charge is 0.330 e. The van der Waals surface area contributed by atoms with E-state index in [1.165, 1.54) is 63.9 Å². The highest BCUT2D eigenvalue weighted by molar-refractivity contribution is 5.82. The topological polar surface area (TPSA) is 125 Å². The summed E-state index contributed by atoms with van der Waals surface area (Å²) < 4.78 is 5.10. The number of esters is 1. The number of nitrogens with zero attached hydrogens (tertiary/aromatic N) is 1. The summed E-state index contributed by atoms with van der Waals surface area (Å²) in [6.45, 7) is 3.54. The number of hydrogen-bond donors (Lipinski definition) is 1. The first-order chi connectivity index (χ1) is 19.3.